The number of carbonyl (C=O) groups excluding carboxylic acids is 1. The average Bonchev–Trinajstić information content (AvgIpc) is 2.72. The zero-order chi connectivity index (χ0) is 19.5. The number of rotatable bonds is 4. The lowest BCUT2D eigenvalue weighted by Gasteiger charge is -2.32. The Morgan fingerprint density at radius 2 is 1.79 bits per heavy atom. The first kappa shape index (κ1) is 18.3. The van der Waals surface area contributed by atoms with Crippen LogP contribution in [-0.2, 0) is 4.79 Å². The lowest BCUT2D eigenvalue weighted by Crippen LogP contribution is -2.48. The van der Waals surface area contributed by atoms with E-state index in [0.29, 0.717) is 24.4 Å². The fraction of sp³-hybridized carbons (Fsp3) is 0.273. The Bertz CT molecular complexity index is 1040. The molecule has 3 aromatic rings. The summed E-state index contributed by atoms with van der Waals surface area (Å²) < 4.78 is 11.0. The van der Waals surface area contributed by atoms with Crippen molar-refractivity contribution in [1.29, 1.82) is 0 Å². The summed E-state index contributed by atoms with van der Waals surface area (Å²) in [7, 11) is 2.05. The third-order valence-electron chi connectivity index (χ3n) is 5.02. The number of amides is 1. The zero-order valence-corrected chi connectivity index (χ0v) is 15.8. The maximum atomic E-state index is 12.3. The standard InChI is InChI=1S/C22H22N2O4/c1-23-9-11-24(12-10-23)21(25)15-27-17-7-8-18-19(16-5-3-2-4-6-16)14-22(26)28-20(18)13-17/h2-8,13-14H,9-12,15H2,1H3. The molecule has 0 saturated carbocycles. The number of nitrogens with zero attached hydrogens (tertiary/aromatic N) is 2. The highest BCUT2D eigenvalue weighted by Gasteiger charge is 2.19. The first-order valence-corrected chi connectivity index (χ1v) is 9.32. The van der Waals surface area contributed by atoms with E-state index in [4.69, 9.17) is 9.15 Å². The quantitative estimate of drug-likeness (QED) is 0.653. The molecule has 0 radical (unpaired) electrons. The Morgan fingerprint density at radius 3 is 2.54 bits per heavy atom. The van der Waals surface area contributed by atoms with Gasteiger partial charge in [-0.15, -0.1) is 0 Å². The second-order valence-corrected chi connectivity index (χ2v) is 6.98. The fourth-order valence-corrected chi connectivity index (χ4v) is 3.38. The van der Waals surface area contributed by atoms with Crippen LogP contribution < -0.4 is 10.4 Å². The van der Waals surface area contributed by atoms with Crippen LogP contribution in [-0.4, -0.2) is 55.5 Å². The topological polar surface area (TPSA) is 63.0 Å². The number of benzene rings is 2. The number of piperazine rings is 1. The lowest BCUT2D eigenvalue weighted by molar-refractivity contribution is -0.134. The SMILES string of the molecule is CN1CCN(C(=O)COc2ccc3c(-c4ccccc4)cc(=O)oc3c2)CC1. The summed E-state index contributed by atoms with van der Waals surface area (Å²) in [5.74, 6) is 0.469. The zero-order valence-electron chi connectivity index (χ0n) is 15.8. The summed E-state index contributed by atoms with van der Waals surface area (Å²) in [4.78, 5) is 28.4. The van der Waals surface area contributed by atoms with Crippen LogP contribution in [0.5, 0.6) is 5.75 Å². The fourth-order valence-electron chi connectivity index (χ4n) is 3.38. The van der Waals surface area contributed by atoms with Crippen LogP contribution in [0.15, 0.2) is 63.8 Å². The van der Waals surface area contributed by atoms with Crippen molar-refractivity contribution in [2.24, 2.45) is 0 Å². The summed E-state index contributed by atoms with van der Waals surface area (Å²) >= 11 is 0. The molecule has 144 valence electrons. The summed E-state index contributed by atoms with van der Waals surface area (Å²) in [5, 5.41) is 0.823. The average molecular weight is 378 g/mol. The van der Waals surface area contributed by atoms with Gasteiger partial charge in [0.15, 0.2) is 6.61 Å². The lowest BCUT2D eigenvalue weighted by atomic mass is 10.0. The van der Waals surface area contributed by atoms with Gasteiger partial charge in [-0.2, -0.15) is 0 Å². The smallest absolute Gasteiger partial charge is 0.336 e. The molecule has 0 spiro atoms. The molecule has 0 atom stereocenters. The number of ether oxygens (including phenoxy) is 1. The van der Waals surface area contributed by atoms with Gasteiger partial charge in [0.1, 0.15) is 11.3 Å². The molecule has 28 heavy (non-hydrogen) atoms. The van der Waals surface area contributed by atoms with Gasteiger partial charge in [-0.05, 0) is 30.3 Å². The van der Waals surface area contributed by atoms with Gasteiger partial charge < -0.3 is 19.0 Å². The summed E-state index contributed by atoms with van der Waals surface area (Å²) in [6.45, 7) is 3.14. The Morgan fingerprint density at radius 1 is 1.04 bits per heavy atom. The van der Waals surface area contributed by atoms with Crippen molar-refractivity contribution >= 4 is 16.9 Å². The van der Waals surface area contributed by atoms with E-state index in [1.807, 2.05) is 48.3 Å². The van der Waals surface area contributed by atoms with E-state index in [2.05, 4.69) is 4.90 Å². The molecule has 2 aromatic carbocycles. The first-order chi connectivity index (χ1) is 13.6. The van der Waals surface area contributed by atoms with Gasteiger partial charge in [0.25, 0.3) is 5.91 Å². The van der Waals surface area contributed by atoms with Crippen LogP contribution in [0, 0.1) is 0 Å². The van der Waals surface area contributed by atoms with E-state index in [-0.39, 0.29) is 12.5 Å². The molecule has 6 heteroatoms. The molecule has 0 unspecified atom stereocenters. The maximum Gasteiger partial charge on any atom is 0.336 e. The van der Waals surface area contributed by atoms with Crippen LogP contribution in [0.4, 0.5) is 0 Å². The molecule has 1 fully saturated rings. The largest absolute Gasteiger partial charge is 0.484 e. The van der Waals surface area contributed by atoms with E-state index in [0.717, 1.165) is 29.6 Å². The van der Waals surface area contributed by atoms with Crippen molar-refractivity contribution in [3.05, 3.63) is 65.0 Å². The van der Waals surface area contributed by atoms with Crippen molar-refractivity contribution in [1.82, 2.24) is 9.80 Å². The highest BCUT2D eigenvalue weighted by atomic mass is 16.5. The molecule has 4 rings (SSSR count). The van der Waals surface area contributed by atoms with Crippen LogP contribution in [0.25, 0.3) is 22.1 Å². The minimum atomic E-state index is -0.419. The van der Waals surface area contributed by atoms with E-state index in [9.17, 15) is 9.59 Å². The van der Waals surface area contributed by atoms with Gasteiger partial charge >= 0.3 is 5.63 Å². The van der Waals surface area contributed by atoms with Gasteiger partial charge in [-0.1, -0.05) is 30.3 Å². The number of carbonyl (C=O) groups is 1. The second kappa shape index (κ2) is 7.86. The molecule has 0 N–H and O–H groups in total. The van der Waals surface area contributed by atoms with Crippen molar-refractivity contribution in [2.45, 2.75) is 0 Å². The Balaban J connectivity index is 1.53. The molecular formula is C22H22N2O4. The molecule has 2 heterocycles. The number of hydrogen-bond donors (Lipinski definition) is 0. The minimum absolute atomic E-state index is 0.0299. The van der Waals surface area contributed by atoms with Gasteiger partial charge in [0.2, 0.25) is 0 Å². The third kappa shape index (κ3) is 3.92. The Hall–Kier alpha value is -3.12. The molecule has 1 aliphatic heterocycles. The van der Waals surface area contributed by atoms with Gasteiger partial charge in [0.05, 0.1) is 0 Å². The maximum absolute atomic E-state index is 12.3. The van der Waals surface area contributed by atoms with Crippen LogP contribution in [0.3, 0.4) is 0 Å². The van der Waals surface area contributed by atoms with Crippen molar-refractivity contribution in [3.63, 3.8) is 0 Å². The van der Waals surface area contributed by atoms with Gasteiger partial charge in [-0.3, -0.25) is 4.79 Å². The van der Waals surface area contributed by atoms with Crippen LogP contribution in [0.2, 0.25) is 0 Å². The molecule has 0 bridgehead atoms. The normalized spacial score (nSPS) is 15.0. The van der Waals surface area contributed by atoms with E-state index in [1.54, 1.807) is 12.1 Å². The molecule has 1 saturated heterocycles. The summed E-state index contributed by atoms with van der Waals surface area (Å²) in [6, 6.07) is 16.5. The Kier molecular flexibility index (Phi) is 5.12. The van der Waals surface area contributed by atoms with Crippen molar-refractivity contribution < 1.29 is 13.9 Å². The summed E-state index contributed by atoms with van der Waals surface area (Å²) in [5.41, 5.74) is 1.78. The monoisotopic (exact) mass is 378 g/mol. The molecule has 1 aliphatic rings. The molecular weight excluding hydrogens is 356 g/mol. The molecule has 1 aromatic heterocycles. The van der Waals surface area contributed by atoms with Gasteiger partial charge in [0, 0.05) is 43.7 Å². The predicted molar refractivity (Wildman–Crippen MR) is 107 cm³/mol. The van der Waals surface area contributed by atoms with Crippen molar-refractivity contribution in [2.75, 3.05) is 39.8 Å². The van der Waals surface area contributed by atoms with Crippen LogP contribution >= 0.6 is 0 Å². The molecule has 6 nitrogen and oxygen atoms in total. The van der Waals surface area contributed by atoms with Crippen molar-refractivity contribution in [3.8, 4) is 16.9 Å². The molecule has 0 aliphatic carbocycles. The van der Waals surface area contributed by atoms with Crippen LogP contribution in [0.1, 0.15) is 0 Å². The highest BCUT2D eigenvalue weighted by molar-refractivity contribution is 5.93. The number of fused-ring (bicyclic) bond motifs is 1. The first-order valence-electron chi connectivity index (χ1n) is 9.32. The predicted octanol–water partition coefficient (Wildman–Crippen LogP) is 2.61. The molecule has 1 amide bonds. The Labute approximate surface area is 162 Å². The van der Waals surface area contributed by atoms with Gasteiger partial charge in [-0.25, -0.2) is 4.79 Å². The summed E-state index contributed by atoms with van der Waals surface area (Å²) in [6.07, 6.45) is 0. The van der Waals surface area contributed by atoms with E-state index in [1.165, 1.54) is 6.07 Å². The van der Waals surface area contributed by atoms with E-state index >= 15 is 0 Å². The minimum Gasteiger partial charge on any atom is -0.484 e. The number of likely N-dealkylation sites (N-methyl/N-ethyl adjacent to an activating group) is 1. The third-order valence-corrected chi connectivity index (χ3v) is 5.02. The number of hydrogen-bond acceptors (Lipinski definition) is 5. The second-order valence-electron chi connectivity index (χ2n) is 6.98. The highest BCUT2D eigenvalue weighted by Crippen LogP contribution is 2.29. The van der Waals surface area contributed by atoms with E-state index < -0.39 is 5.63 Å².